The SMILES string of the molecule is Cc1ccc([C@@H]2C[C@@H]2C(=O)N2CCC[C@@H](c3ccn[nH]3)C2)s1. The first-order valence-electron chi connectivity index (χ1n) is 8.07. The summed E-state index contributed by atoms with van der Waals surface area (Å²) in [5, 5.41) is 7.10. The summed E-state index contributed by atoms with van der Waals surface area (Å²) in [6.45, 7) is 3.89. The molecule has 4 rings (SSSR count). The summed E-state index contributed by atoms with van der Waals surface area (Å²) < 4.78 is 0. The van der Waals surface area contributed by atoms with Crippen molar-refractivity contribution in [1.29, 1.82) is 0 Å². The number of piperidine rings is 1. The second kappa shape index (κ2) is 5.54. The zero-order valence-corrected chi connectivity index (χ0v) is 13.6. The summed E-state index contributed by atoms with van der Waals surface area (Å²) >= 11 is 1.84. The van der Waals surface area contributed by atoms with E-state index in [0.717, 1.165) is 32.4 Å². The maximum atomic E-state index is 12.8. The molecule has 5 heteroatoms. The van der Waals surface area contributed by atoms with Gasteiger partial charge in [0, 0.05) is 52.5 Å². The van der Waals surface area contributed by atoms with Crippen LogP contribution in [0.3, 0.4) is 0 Å². The third kappa shape index (κ3) is 2.58. The van der Waals surface area contributed by atoms with E-state index >= 15 is 0 Å². The van der Waals surface area contributed by atoms with Gasteiger partial charge in [-0.3, -0.25) is 9.89 Å². The Balaban J connectivity index is 1.41. The van der Waals surface area contributed by atoms with Crippen LogP contribution in [0.1, 0.15) is 46.5 Å². The lowest BCUT2D eigenvalue weighted by Gasteiger charge is -2.32. The first-order valence-corrected chi connectivity index (χ1v) is 8.88. The Hall–Kier alpha value is -1.62. The van der Waals surface area contributed by atoms with Crippen LogP contribution < -0.4 is 0 Å². The minimum absolute atomic E-state index is 0.221. The second-order valence-corrected chi connectivity index (χ2v) is 7.85. The van der Waals surface area contributed by atoms with Crippen LogP contribution in [0.5, 0.6) is 0 Å². The van der Waals surface area contributed by atoms with Crippen LogP contribution in [0.2, 0.25) is 0 Å². The number of nitrogens with zero attached hydrogens (tertiary/aromatic N) is 2. The van der Waals surface area contributed by atoms with Gasteiger partial charge >= 0.3 is 0 Å². The highest BCUT2D eigenvalue weighted by atomic mass is 32.1. The molecule has 22 heavy (non-hydrogen) atoms. The Labute approximate surface area is 134 Å². The smallest absolute Gasteiger partial charge is 0.226 e. The van der Waals surface area contributed by atoms with E-state index < -0.39 is 0 Å². The van der Waals surface area contributed by atoms with Crippen molar-refractivity contribution in [1.82, 2.24) is 15.1 Å². The standard InChI is InChI=1S/C17H21N3OS/c1-11-4-5-16(22-11)13-9-14(13)17(21)20-8-2-3-12(10-20)15-6-7-18-19-15/h4-7,12-14H,2-3,8-10H2,1H3,(H,18,19)/t12-,13-,14+/m1/s1. The Morgan fingerprint density at radius 3 is 3.05 bits per heavy atom. The van der Waals surface area contributed by atoms with E-state index in [9.17, 15) is 4.79 Å². The molecule has 1 aliphatic heterocycles. The van der Waals surface area contributed by atoms with Crippen molar-refractivity contribution >= 4 is 17.2 Å². The van der Waals surface area contributed by atoms with Gasteiger partial charge in [0.25, 0.3) is 0 Å². The van der Waals surface area contributed by atoms with Gasteiger partial charge in [0.2, 0.25) is 5.91 Å². The average molecular weight is 315 g/mol. The Morgan fingerprint density at radius 1 is 1.41 bits per heavy atom. The van der Waals surface area contributed by atoms with Crippen LogP contribution in [-0.4, -0.2) is 34.1 Å². The van der Waals surface area contributed by atoms with E-state index in [1.165, 1.54) is 15.4 Å². The molecule has 1 amide bonds. The van der Waals surface area contributed by atoms with E-state index in [-0.39, 0.29) is 5.92 Å². The third-order valence-electron chi connectivity index (χ3n) is 4.93. The molecule has 1 aliphatic carbocycles. The van der Waals surface area contributed by atoms with E-state index in [0.29, 0.717) is 17.7 Å². The van der Waals surface area contributed by atoms with Crippen molar-refractivity contribution in [2.75, 3.05) is 13.1 Å². The molecule has 0 unspecified atom stereocenters. The number of carbonyl (C=O) groups is 1. The van der Waals surface area contributed by atoms with Gasteiger partial charge in [0.15, 0.2) is 0 Å². The fraction of sp³-hybridized carbons (Fsp3) is 0.529. The lowest BCUT2D eigenvalue weighted by Crippen LogP contribution is -2.40. The molecule has 1 saturated carbocycles. The number of rotatable bonds is 3. The second-order valence-electron chi connectivity index (χ2n) is 6.53. The molecule has 2 aromatic heterocycles. The predicted molar refractivity (Wildman–Crippen MR) is 87.0 cm³/mol. The van der Waals surface area contributed by atoms with Crippen LogP contribution in [0.25, 0.3) is 0 Å². The van der Waals surface area contributed by atoms with Crippen LogP contribution in [0.4, 0.5) is 0 Å². The van der Waals surface area contributed by atoms with E-state index in [2.05, 4.69) is 34.2 Å². The summed E-state index contributed by atoms with van der Waals surface area (Å²) in [6.07, 6.45) is 5.06. The fourth-order valence-corrected chi connectivity index (χ4v) is 4.65. The van der Waals surface area contributed by atoms with Crippen molar-refractivity contribution in [2.45, 2.75) is 38.0 Å². The van der Waals surface area contributed by atoms with Crippen molar-refractivity contribution in [3.05, 3.63) is 39.8 Å². The predicted octanol–water partition coefficient (Wildman–Crippen LogP) is 3.29. The monoisotopic (exact) mass is 315 g/mol. The number of carbonyl (C=O) groups excluding carboxylic acids is 1. The lowest BCUT2D eigenvalue weighted by atomic mass is 9.94. The molecule has 116 valence electrons. The van der Waals surface area contributed by atoms with Crippen LogP contribution in [0, 0.1) is 12.8 Å². The van der Waals surface area contributed by atoms with Gasteiger partial charge in [0.05, 0.1) is 0 Å². The molecule has 4 nitrogen and oxygen atoms in total. The molecule has 2 aromatic rings. The largest absolute Gasteiger partial charge is 0.342 e. The third-order valence-corrected chi connectivity index (χ3v) is 6.06. The van der Waals surface area contributed by atoms with Gasteiger partial charge in [-0.25, -0.2) is 0 Å². The normalized spacial score (nSPS) is 27.9. The molecular weight excluding hydrogens is 294 g/mol. The van der Waals surface area contributed by atoms with Crippen molar-refractivity contribution in [3.63, 3.8) is 0 Å². The summed E-state index contributed by atoms with van der Waals surface area (Å²) in [4.78, 5) is 17.6. The molecule has 1 saturated heterocycles. The van der Waals surface area contributed by atoms with Crippen LogP contribution in [-0.2, 0) is 4.79 Å². The number of H-pyrrole nitrogens is 1. The molecule has 0 spiro atoms. The average Bonchev–Trinajstić information content (AvgIpc) is 2.95. The minimum Gasteiger partial charge on any atom is -0.342 e. The number of nitrogens with one attached hydrogen (secondary N) is 1. The van der Waals surface area contributed by atoms with E-state index in [1.54, 1.807) is 6.20 Å². The van der Waals surface area contributed by atoms with Crippen molar-refractivity contribution in [3.8, 4) is 0 Å². The number of likely N-dealkylation sites (tertiary alicyclic amines) is 1. The lowest BCUT2D eigenvalue weighted by molar-refractivity contribution is -0.133. The van der Waals surface area contributed by atoms with Crippen molar-refractivity contribution < 1.29 is 4.79 Å². The molecule has 2 fully saturated rings. The molecule has 0 bridgehead atoms. The highest BCUT2D eigenvalue weighted by molar-refractivity contribution is 7.12. The summed E-state index contributed by atoms with van der Waals surface area (Å²) in [7, 11) is 0. The highest BCUT2D eigenvalue weighted by Gasteiger charge is 2.47. The Bertz CT molecular complexity index is 663. The molecule has 3 atom stereocenters. The number of thiophene rings is 1. The highest BCUT2D eigenvalue weighted by Crippen LogP contribution is 2.50. The molecule has 3 heterocycles. The van der Waals surface area contributed by atoms with Crippen LogP contribution in [0.15, 0.2) is 24.4 Å². The minimum atomic E-state index is 0.221. The number of aryl methyl sites for hydroxylation is 1. The topological polar surface area (TPSA) is 49.0 Å². The van der Waals surface area contributed by atoms with Gasteiger partial charge in [-0.15, -0.1) is 11.3 Å². The number of aromatic nitrogens is 2. The van der Waals surface area contributed by atoms with Gasteiger partial charge < -0.3 is 4.90 Å². The quantitative estimate of drug-likeness (QED) is 0.945. The number of hydrogen-bond donors (Lipinski definition) is 1. The zero-order chi connectivity index (χ0) is 15.1. The molecular formula is C17H21N3OS. The van der Waals surface area contributed by atoms with Gasteiger partial charge in [-0.1, -0.05) is 0 Å². The molecule has 2 aliphatic rings. The number of hydrogen-bond acceptors (Lipinski definition) is 3. The Kier molecular flexibility index (Phi) is 3.53. The molecule has 1 N–H and O–H groups in total. The number of amides is 1. The fourth-order valence-electron chi connectivity index (χ4n) is 3.59. The summed E-state index contributed by atoms with van der Waals surface area (Å²) in [5.74, 6) is 1.47. The number of aromatic amines is 1. The summed E-state index contributed by atoms with van der Waals surface area (Å²) in [5.41, 5.74) is 1.17. The van der Waals surface area contributed by atoms with Crippen molar-refractivity contribution in [2.24, 2.45) is 5.92 Å². The van der Waals surface area contributed by atoms with Crippen LogP contribution >= 0.6 is 11.3 Å². The zero-order valence-electron chi connectivity index (χ0n) is 12.8. The van der Waals surface area contributed by atoms with Gasteiger partial charge in [0.1, 0.15) is 0 Å². The molecule has 0 radical (unpaired) electrons. The van der Waals surface area contributed by atoms with Gasteiger partial charge in [-0.2, -0.15) is 5.10 Å². The summed E-state index contributed by atoms with van der Waals surface area (Å²) in [6, 6.07) is 6.39. The first-order chi connectivity index (χ1) is 10.7. The first kappa shape index (κ1) is 14.0. The van der Waals surface area contributed by atoms with Gasteiger partial charge in [-0.05, 0) is 44.4 Å². The Morgan fingerprint density at radius 2 is 2.32 bits per heavy atom. The molecule has 0 aromatic carbocycles. The maximum absolute atomic E-state index is 12.8. The van der Waals surface area contributed by atoms with E-state index in [1.807, 2.05) is 17.4 Å². The van der Waals surface area contributed by atoms with E-state index in [4.69, 9.17) is 0 Å². The maximum Gasteiger partial charge on any atom is 0.226 e.